The van der Waals surface area contributed by atoms with Gasteiger partial charge in [-0.2, -0.15) is 0 Å². The van der Waals surface area contributed by atoms with Crippen LogP contribution in [0.1, 0.15) is 5.56 Å². The van der Waals surface area contributed by atoms with Crippen molar-refractivity contribution in [3.63, 3.8) is 0 Å². The predicted molar refractivity (Wildman–Crippen MR) is 123 cm³/mol. The second-order valence-electron chi connectivity index (χ2n) is 7.46. The number of nitrogens with two attached hydrogens (primary N) is 1. The maximum Gasteiger partial charge on any atom is 0.414 e. The number of nitrogens with one attached hydrogen (secondary N) is 3. The molecule has 15 nitrogen and oxygen atoms in total. The number of guanidine groups is 1. The zero-order chi connectivity index (χ0) is 27.7. The van der Waals surface area contributed by atoms with Crippen molar-refractivity contribution in [2.24, 2.45) is 5.73 Å². The number of amides is 1. The summed E-state index contributed by atoms with van der Waals surface area (Å²) >= 11 is 0. The number of H-pyrrole nitrogens is 1. The van der Waals surface area contributed by atoms with Gasteiger partial charge in [-0.25, -0.2) is 18.8 Å². The number of hydrogen-bond acceptors (Lipinski definition) is 10. The molecule has 3 rings (SSSR count). The number of aromatic nitrogens is 1. The highest BCUT2D eigenvalue weighted by atomic mass is 19.1. The van der Waals surface area contributed by atoms with Gasteiger partial charge in [-0.15, -0.1) is 0 Å². The quantitative estimate of drug-likeness (QED) is 0.149. The number of carbonyl (C=O) groups excluding carboxylic acids is 1. The van der Waals surface area contributed by atoms with Gasteiger partial charge in [0.1, 0.15) is 18.5 Å². The molecule has 1 aliphatic rings. The lowest BCUT2D eigenvalue weighted by molar-refractivity contribution is -0.165. The van der Waals surface area contributed by atoms with Crippen molar-refractivity contribution in [1.82, 2.24) is 10.3 Å². The first-order chi connectivity index (χ1) is 17.4. The molecule has 9 N–H and O–H groups in total. The van der Waals surface area contributed by atoms with E-state index in [1.165, 1.54) is 18.3 Å². The highest BCUT2D eigenvalue weighted by molar-refractivity contribution is 5.90. The zero-order valence-electron chi connectivity index (χ0n) is 19.0. The van der Waals surface area contributed by atoms with Crippen LogP contribution < -0.4 is 26.2 Å². The molecule has 2 unspecified atom stereocenters. The largest absolute Gasteiger partial charge is 0.485 e. The van der Waals surface area contributed by atoms with Crippen LogP contribution in [-0.4, -0.2) is 80.8 Å². The fraction of sp³-hybridized carbons (Fsp3) is 0.286. The van der Waals surface area contributed by atoms with Crippen LogP contribution in [0.15, 0.2) is 41.3 Å². The standard InChI is InChI=1S/C17H18FN5O4.C4H6O6/c18-15-10(9-26-17(25)22-16(19)20)2-1-3-13(15)23-7-12(8-23)27-11-4-5-14(24)21-6-11;5-1(3(7)8)2(6)4(9)10/h1-6,12H,7-9H2,(H,21,24)(H4,19,20,22,25);1-2,5-6H,(H,7,8)(H,9,10). The van der Waals surface area contributed by atoms with Crippen molar-refractivity contribution < 1.29 is 48.7 Å². The van der Waals surface area contributed by atoms with Gasteiger partial charge >= 0.3 is 18.0 Å². The van der Waals surface area contributed by atoms with E-state index < -0.39 is 42.0 Å². The Morgan fingerprint density at radius 2 is 1.78 bits per heavy atom. The van der Waals surface area contributed by atoms with Crippen LogP contribution in [-0.2, 0) is 20.9 Å². The number of benzene rings is 1. The molecule has 1 amide bonds. The van der Waals surface area contributed by atoms with Crippen LogP contribution in [0, 0.1) is 11.2 Å². The average molecular weight is 525 g/mol. The summed E-state index contributed by atoms with van der Waals surface area (Å²) in [6, 6.07) is 7.75. The van der Waals surface area contributed by atoms with Crippen LogP contribution in [0.4, 0.5) is 14.9 Å². The van der Waals surface area contributed by atoms with Crippen LogP contribution >= 0.6 is 0 Å². The second-order valence-corrected chi connectivity index (χ2v) is 7.46. The summed E-state index contributed by atoms with van der Waals surface area (Å²) in [5.74, 6) is -4.04. The zero-order valence-corrected chi connectivity index (χ0v) is 19.0. The van der Waals surface area contributed by atoms with E-state index in [4.69, 9.17) is 41.0 Å². The highest BCUT2D eigenvalue weighted by Crippen LogP contribution is 2.28. The molecular weight excluding hydrogens is 501 g/mol. The number of carboxylic acid groups (broad SMARTS) is 2. The van der Waals surface area contributed by atoms with Crippen LogP contribution in [0.2, 0.25) is 0 Å². The number of pyridine rings is 1. The summed E-state index contributed by atoms with van der Waals surface area (Å²) in [5, 5.41) is 41.4. The molecule has 0 aliphatic carbocycles. The van der Waals surface area contributed by atoms with Crippen LogP contribution in [0.5, 0.6) is 5.75 Å². The van der Waals surface area contributed by atoms with Gasteiger partial charge in [0, 0.05) is 17.8 Å². The highest BCUT2D eigenvalue weighted by Gasteiger charge is 2.31. The number of aliphatic carboxylic acids is 2. The average Bonchev–Trinajstić information content (AvgIpc) is 2.81. The number of carbonyl (C=O) groups is 3. The molecule has 1 aliphatic heterocycles. The Bertz CT molecular complexity index is 1160. The normalized spacial score (nSPS) is 14.2. The maximum absolute atomic E-state index is 14.7. The monoisotopic (exact) mass is 525 g/mol. The third-order valence-electron chi connectivity index (χ3n) is 4.71. The molecule has 200 valence electrons. The number of hydrogen-bond donors (Lipinski definition) is 8. The minimum Gasteiger partial charge on any atom is -0.485 e. The van der Waals surface area contributed by atoms with E-state index >= 15 is 0 Å². The Balaban J connectivity index is 0.000000410. The van der Waals surface area contributed by atoms with Crippen LogP contribution in [0.3, 0.4) is 0 Å². The number of nitrogens with zero attached hydrogens (tertiary/aromatic N) is 1. The molecule has 0 spiro atoms. The van der Waals surface area contributed by atoms with Crippen molar-refractivity contribution in [2.75, 3.05) is 18.0 Å². The van der Waals surface area contributed by atoms with Gasteiger partial charge in [0.25, 0.3) is 0 Å². The lowest BCUT2D eigenvalue weighted by Crippen LogP contribution is -2.54. The Morgan fingerprint density at radius 1 is 1.16 bits per heavy atom. The lowest BCUT2D eigenvalue weighted by Gasteiger charge is -2.40. The number of ether oxygens (including phenoxy) is 2. The summed E-state index contributed by atoms with van der Waals surface area (Å²) < 4.78 is 25.2. The van der Waals surface area contributed by atoms with Crippen molar-refractivity contribution >= 4 is 29.7 Å². The molecule has 2 heterocycles. The summed E-state index contributed by atoms with van der Waals surface area (Å²) in [6.45, 7) is 0.667. The van der Waals surface area contributed by atoms with E-state index in [0.29, 0.717) is 24.5 Å². The van der Waals surface area contributed by atoms with Crippen molar-refractivity contribution in [1.29, 1.82) is 5.41 Å². The van der Waals surface area contributed by atoms with Crippen molar-refractivity contribution in [3.8, 4) is 5.75 Å². The summed E-state index contributed by atoms with van der Waals surface area (Å²) in [4.78, 5) is 46.2. The van der Waals surface area contributed by atoms with E-state index in [2.05, 4.69) is 4.98 Å². The summed E-state index contributed by atoms with van der Waals surface area (Å²) in [5.41, 5.74) is 5.39. The topological polar surface area (TPSA) is 249 Å². The third kappa shape index (κ3) is 8.48. The Hall–Kier alpha value is -4.70. The first kappa shape index (κ1) is 28.5. The molecule has 1 fully saturated rings. The molecule has 1 saturated heterocycles. The number of carboxylic acids is 2. The first-order valence-electron chi connectivity index (χ1n) is 10.4. The second kappa shape index (κ2) is 12.8. The molecule has 37 heavy (non-hydrogen) atoms. The van der Waals surface area contributed by atoms with Crippen molar-refractivity contribution in [2.45, 2.75) is 24.9 Å². The molecule has 0 saturated carbocycles. The lowest BCUT2D eigenvalue weighted by atomic mass is 10.1. The van der Waals surface area contributed by atoms with E-state index in [1.54, 1.807) is 23.1 Å². The summed E-state index contributed by atoms with van der Waals surface area (Å²) in [6.07, 6.45) is -4.10. The van der Waals surface area contributed by atoms with E-state index in [-0.39, 0.29) is 23.8 Å². The molecule has 1 aromatic heterocycles. The molecule has 2 atom stereocenters. The van der Waals surface area contributed by atoms with E-state index in [0.717, 1.165) is 0 Å². The number of anilines is 1. The van der Waals surface area contributed by atoms with E-state index in [1.807, 2.05) is 5.32 Å². The molecule has 0 radical (unpaired) electrons. The number of aliphatic hydroxyl groups is 2. The molecule has 0 bridgehead atoms. The van der Waals surface area contributed by atoms with Crippen LogP contribution in [0.25, 0.3) is 0 Å². The number of halogens is 1. The SMILES string of the molecule is N=C(N)NC(=O)OCc1cccc(N2CC(Oc3ccc(=O)[nH]c3)C2)c1F.O=C(O)C(O)C(O)C(=O)O. The predicted octanol–water partition coefficient (Wildman–Crippen LogP) is -1.22. The molecule has 2 aromatic rings. The van der Waals surface area contributed by atoms with Gasteiger partial charge in [0.15, 0.2) is 24.0 Å². The maximum atomic E-state index is 14.7. The Morgan fingerprint density at radius 3 is 2.30 bits per heavy atom. The molecular formula is C21H24FN5O10. The fourth-order valence-corrected chi connectivity index (χ4v) is 2.85. The first-order valence-corrected chi connectivity index (χ1v) is 10.4. The summed E-state index contributed by atoms with van der Waals surface area (Å²) in [7, 11) is 0. The number of alkyl carbamates (subject to hydrolysis) is 1. The smallest absolute Gasteiger partial charge is 0.414 e. The van der Waals surface area contributed by atoms with E-state index in [9.17, 15) is 23.6 Å². The third-order valence-corrected chi connectivity index (χ3v) is 4.71. The Kier molecular flexibility index (Phi) is 9.91. The van der Waals surface area contributed by atoms with Gasteiger partial charge in [-0.3, -0.25) is 15.5 Å². The minimum atomic E-state index is -2.27. The number of aliphatic hydroxyl groups excluding tert-OH is 2. The number of aromatic amines is 1. The Labute approximate surface area is 207 Å². The van der Waals surface area contributed by atoms with Gasteiger partial charge in [0.05, 0.1) is 18.8 Å². The van der Waals surface area contributed by atoms with Gasteiger partial charge in [-0.05, 0) is 12.1 Å². The number of rotatable bonds is 8. The molecule has 1 aromatic carbocycles. The van der Waals surface area contributed by atoms with Crippen molar-refractivity contribution in [3.05, 3.63) is 58.3 Å². The van der Waals surface area contributed by atoms with Gasteiger partial charge in [-0.1, -0.05) is 12.1 Å². The fourth-order valence-electron chi connectivity index (χ4n) is 2.85. The van der Waals surface area contributed by atoms with Gasteiger partial charge in [0.2, 0.25) is 5.56 Å². The van der Waals surface area contributed by atoms with Gasteiger partial charge < -0.3 is 45.5 Å². The molecule has 16 heteroatoms. The minimum absolute atomic E-state index is 0.128.